The Morgan fingerprint density at radius 2 is 0.612 bits per heavy atom. The van der Waals surface area contributed by atoms with E-state index in [1.165, 1.54) is 31.8 Å². The molecule has 0 amide bonds. The Morgan fingerprint density at radius 1 is 0.374 bits per heavy atom. The molecule has 20 aromatic rings. The number of aryl methyl sites for hydroxylation is 4. The molecule has 4 aliphatic rings. The molecule has 48 heteroatoms. The molecule has 0 radical (unpaired) electrons. The zero-order valence-corrected chi connectivity index (χ0v) is 83.2. The zero-order chi connectivity index (χ0) is 99.8. The number of H-pyrrole nitrogens is 8. The molecule has 0 unspecified atom stereocenters. The first kappa shape index (κ1) is 104. The number of ether oxygens (including phenoxy) is 4. The van der Waals surface area contributed by atoms with Crippen LogP contribution in [0.3, 0.4) is 0 Å². The number of hydrogen-bond acceptors (Lipinski definition) is 33. The standard InChI is InChI=1S/3C24H26N8O3.C19H19ClN6O2.C5H8N2O.CH3FS.2CH4.ClH/c3*1-3-32-11-18-21(30-32)22(26-14(2)19-12-35-13-25-19)20(24(33)29-18)23-27-16-5-4-15(10-17(16)28-23)31-6-8-34-9-7-31;1-2-26-10-14-17(24-26)16(20)15(19(27)23-14)18-21-12-4-3-11(9-13(12)22-18)25-5-7-28-8-6-25;1-4(6)5-2-8-3-7-5;1-3-2;;;/h3*4-5,10-14,26H,3,6-9H2,1-2H3,(H,27,28)(H,29,33);3-4,9-10H,2,5-8H2,1H3,(H,21,22)(H,23,27);2-4H,6H2,1H3;1H3;2*1H4;1H/t3*14-;;4-;;;;/m100.0..../s1. The summed E-state index contributed by atoms with van der Waals surface area (Å²) in [6.45, 7) is 30.9. The minimum absolute atomic E-state index is 0. The highest BCUT2D eigenvalue weighted by Crippen LogP contribution is 2.40. The van der Waals surface area contributed by atoms with E-state index in [-0.39, 0.29) is 85.8 Å². The first-order valence-electron chi connectivity index (χ1n) is 47.4. The molecule has 0 bridgehead atoms. The Labute approximate surface area is 855 Å². The first-order valence-corrected chi connectivity index (χ1v) is 48.9. The molecule has 772 valence electrons. The number of nitrogens with zero attached hydrogens (tertiary/aromatic N) is 20. The number of aromatic nitrogens is 24. The number of aromatic amines is 8. The number of nitrogens with two attached hydrogens (primary N) is 1. The number of anilines is 7. The molecule has 4 aromatic carbocycles. The second kappa shape index (κ2) is 46.7. The van der Waals surface area contributed by atoms with E-state index in [1.54, 1.807) is 50.0 Å². The van der Waals surface area contributed by atoms with Crippen LogP contribution < -0.4 is 63.5 Å². The number of rotatable bonds is 22. The summed E-state index contributed by atoms with van der Waals surface area (Å²) in [5.41, 5.74) is 26.7. The number of halogens is 3. The van der Waals surface area contributed by atoms with E-state index in [0.717, 1.165) is 155 Å². The van der Waals surface area contributed by atoms with Crippen LogP contribution in [0.5, 0.6) is 0 Å². The van der Waals surface area contributed by atoms with Gasteiger partial charge in [0.15, 0.2) is 25.6 Å². The van der Waals surface area contributed by atoms with Gasteiger partial charge >= 0.3 is 0 Å². The third-order valence-corrected chi connectivity index (χ3v) is 25.5. The fraction of sp³-hybridized carbons (Fsp3) is 0.354. The Kier molecular flexibility index (Phi) is 33.2. The smallest absolute Gasteiger partial charge is 0.261 e. The molecule has 24 rings (SSSR count). The van der Waals surface area contributed by atoms with Crippen LogP contribution in [0, 0.1) is 0 Å². The molecule has 0 aliphatic carbocycles. The largest absolute Gasteiger partial charge is 0.451 e. The molecular weight excluding hydrogens is 1950 g/mol. The molecule has 0 saturated carbocycles. The Morgan fingerprint density at radius 3 is 0.850 bits per heavy atom. The maximum atomic E-state index is 13.4. The topological polar surface area (TPSA) is 534 Å². The van der Waals surface area contributed by atoms with Crippen LogP contribution >= 0.6 is 36.2 Å². The highest BCUT2D eigenvalue weighted by atomic mass is 35.5. The highest BCUT2D eigenvalue weighted by molar-refractivity contribution is 7.93. The van der Waals surface area contributed by atoms with Gasteiger partial charge in [-0.3, -0.25) is 37.9 Å². The quantitative estimate of drug-likeness (QED) is 0.0300. The van der Waals surface area contributed by atoms with Crippen molar-refractivity contribution in [2.24, 2.45) is 5.73 Å². The van der Waals surface area contributed by atoms with Crippen LogP contribution in [-0.4, -0.2) is 230 Å². The van der Waals surface area contributed by atoms with Crippen LogP contribution in [0.25, 0.3) is 134 Å². The molecule has 20 heterocycles. The zero-order valence-electron chi connectivity index (χ0n) is 80.8. The lowest BCUT2D eigenvalue weighted by Crippen LogP contribution is -2.36. The lowest BCUT2D eigenvalue weighted by molar-refractivity contribution is 0.122. The van der Waals surface area contributed by atoms with Crippen LogP contribution in [-0.2, 0) is 45.1 Å². The van der Waals surface area contributed by atoms with E-state index in [2.05, 4.69) is 146 Å². The monoisotopic (exact) mass is 2070 g/mol. The van der Waals surface area contributed by atoms with Crippen LogP contribution in [0.15, 0.2) is 185 Å². The molecule has 0 spiro atoms. The van der Waals surface area contributed by atoms with Crippen LogP contribution in [0.2, 0.25) is 5.02 Å². The lowest BCUT2D eigenvalue weighted by Gasteiger charge is -2.28. The number of morpholine rings is 4. The number of nitrogens with one attached hydrogen (secondary N) is 11. The first-order chi connectivity index (χ1) is 70.2. The number of imidazole rings is 4. The minimum atomic E-state index is -0.291. The van der Waals surface area contributed by atoms with Crippen LogP contribution in [0.4, 0.5) is 43.7 Å². The second-order valence-corrected chi connectivity index (χ2v) is 35.2. The van der Waals surface area contributed by atoms with E-state index < -0.39 is 0 Å². The van der Waals surface area contributed by atoms with Gasteiger partial charge in [-0.05, 0) is 128 Å². The minimum Gasteiger partial charge on any atom is -0.451 e. The molecular formula is C99H117Cl2FN32O12S. The summed E-state index contributed by atoms with van der Waals surface area (Å²) in [4.78, 5) is 122. The predicted molar refractivity (Wildman–Crippen MR) is 572 cm³/mol. The van der Waals surface area contributed by atoms with Crippen molar-refractivity contribution in [2.45, 2.75) is 121 Å². The molecule has 4 atom stereocenters. The summed E-state index contributed by atoms with van der Waals surface area (Å²) in [6, 6.07) is 23.7. The van der Waals surface area contributed by atoms with Gasteiger partial charge < -0.3 is 118 Å². The van der Waals surface area contributed by atoms with Crippen molar-refractivity contribution in [3.8, 4) is 45.6 Å². The SMILES string of the molecule is C.C.CCn1cc2[nH]c(=O)c(-c3nc4ccc(N5CCOCC5)cc4[nH]3)c(Cl)c2n1.CCn1cc2[nH]c(=O)c(-c3nc4ccc(N5CCOCC5)cc4[nH]3)c(N[C@@H](C)c3cocn3)c2n1.CCn1cc2[nH]c(=O)c(-c3nc4ccc(N5CCOCC5)cc4[nH]3)c(N[C@@H](C)c3cocn3)c2n1.CCn1cc2[nH]c(=O)c(-c3nc4ccc(N5CCOCC5)cc4[nH]3)c(N[C@H](C)c3cocn3)c2n1.CSF.C[C@H](N)c1cocn1.Cl. The van der Waals surface area contributed by atoms with E-state index in [4.69, 9.17) is 79.8 Å². The van der Waals surface area contributed by atoms with E-state index in [9.17, 15) is 23.1 Å². The average molecular weight is 2070 g/mol. The summed E-state index contributed by atoms with van der Waals surface area (Å²) in [5.74, 6) is 1.86. The van der Waals surface area contributed by atoms with Gasteiger partial charge in [-0.1, -0.05) is 26.5 Å². The van der Waals surface area contributed by atoms with Gasteiger partial charge in [0.05, 0.1) is 165 Å². The van der Waals surface area contributed by atoms with Crippen LogP contribution in [0.1, 0.15) is 117 Å². The van der Waals surface area contributed by atoms with Crippen molar-refractivity contribution in [3.05, 3.63) is 217 Å². The highest BCUT2D eigenvalue weighted by Gasteiger charge is 2.30. The Hall–Kier alpha value is -15.5. The third-order valence-electron chi connectivity index (χ3n) is 25.1. The van der Waals surface area contributed by atoms with Gasteiger partial charge in [0, 0.05) is 151 Å². The van der Waals surface area contributed by atoms with E-state index in [0.29, 0.717) is 178 Å². The van der Waals surface area contributed by atoms with Crippen molar-refractivity contribution in [1.82, 2.24) is 119 Å². The summed E-state index contributed by atoms with van der Waals surface area (Å²) in [7, 11) is 0. The lowest BCUT2D eigenvalue weighted by atomic mass is 10.1. The molecule has 4 fully saturated rings. The predicted octanol–water partition coefficient (Wildman–Crippen LogP) is 16.3. The molecule has 44 nitrogen and oxygen atoms in total. The number of pyridine rings is 4. The van der Waals surface area contributed by atoms with Gasteiger partial charge in [-0.15, -0.1) is 12.4 Å². The van der Waals surface area contributed by atoms with E-state index >= 15 is 0 Å². The molecule has 147 heavy (non-hydrogen) atoms. The van der Waals surface area contributed by atoms with Crippen molar-refractivity contribution < 1.29 is 40.5 Å². The van der Waals surface area contributed by atoms with Gasteiger partial charge in [-0.2, -0.15) is 24.3 Å². The third kappa shape index (κ3) is 22.7. The number of fused-ring (bicyclic) bond motifs is 8. The Bertz CT molecular complexity index is 7520. The summed E-state index contributed by atoms with van der Waals surface area (Å²) < 4.78 is 59.3. The summed E-state index contributed by atoms with van der Waals surface area (Å²) in [5, 5.41) is 29.2. The molecule has 13 N–H and O–H groups in total. The molecule has 16 aromatic heterocycles. The van der Waals surface area contributed by atoms with Gasteiger partial charge in [-0.25, -0.2) is 39.9 Å². The fourth-order valence-corrected chi connectivity index (χ4v) is 17.9. The second-order valence-electron chi connectivity index (χ2n) is 34.5. The summed E-state index contributed by atoms with van der Waals surface area (Å²) >= 11 is 6.80. The maximum Gasteiger partial charge on any atom is 0.261 e. The Balaban J connectivity index is 0.000000135. The summed E-state index contributed by atoms with van der Waals surface area (Å²) in [6.07, 6.45) is 20.5. The van der Waals surface area contributed by atoms with Crippen molar-refractivity contribution >= 4 is 164 Å². The van der Waals surface area contributed by atoms with Gasteiger partial charge in [0.1, 0.15) is 110 Å². The normalized spacial score (nSPS) is 14.6. The number of benzene rings is 4. The average Bonchev–Trinajstić information content (AvgIpc) is 1.62. The van der Waals surface area contributed by atoms with Crippen molar-refractivity contribution in [3.63, 3.8) is 0 Å². The van der Waals surface area contributed by atoms with Gasteiger partial charge in [0.25, 0.3) is 22.2 Å². The van der Waals surface area contributed by atoms with Gasteiger partial charge in [0.2, 0.25) is 0 Å². The fourth-order valence-electron chi connectivity index (χ4n) is 17.5. The van der Waals surface area contributed by atoms with E-state index in [1.807, 2.05) is 110 Å². The maximum absolute atomic E-state index is 13.4. The molecule has 4 aliphatic heterocycles. The number of oxazole rings is 4. The van der Waals surface area contributed by atoms with Crippen molar-refractivity contribution in [2.75, 3.05) is 147 Å². The van der Waals surface area contributed by atoms with Crippen molar-refractivity contribution in [1.29, 1.82) is 0 Å². The number of hydrogen-bond donors (Lipinski definition) is 12. The molecule has 4 saturated heterocycles.